The van der Waals surface area contributed by atoms with Crippen LogP contribution in [0.5, 0.6) is 0 Å². The van der Waals surface area contributed by atoms with E-state index in [-0.39, 0.29) is 0 Å². The first-order valence-electron chi connectivity index (χ1n) is 4.03. The molecule has 0 saturated carbocycles. The minimum absolute atomic E-state index is 0.415. The standard InChI is InChI=1S/C10H6ClN3/c1-6-5-13-9-3-8(11)7(4-12)2-10(9)14-6/h2-3,5H,1H3. The number of aromatic nitrogens is 2. The molecule has 1 heterocycles. The second-order valence-corrected chi connectivity index (χ2v) is 3.35. The van der Waals surface area contributed by atoms with Gasteiger partial charge in [-0.2, -0.15) is 5.26 Å². The summed E-state index contributed by atoms with van der Waals surface area (Å²) in [7, 11) is 0. The van der Waals surface area contributed by atoms with Gasteiger partial charge < -0.3 is 0 Å². The number of nitriles is 1. The topological polar surface area (TPSA) is 49.6 Å². The Kier molecular flexibility index (Phi) is 2.06. The van der Waals surface area contributed by atoms with Gasteiger partial charge in [-0.25, -0.2) is 4.98 Å². The first-order valence-corrected chi connectivity index (χ1v) is 4.41. The minimum atomic E-state index is 0.415. The van der Waals surface area contributed by atoms with Gasteiger partial charge in [-0.3, -0.25) is 4.98 Å². The Morgan fingerprint density at radius 3 is 2.86 bits per heavy atom. The first kappa shape index (κ1) is 8.92. The maximum Gasteiger partial charge on any atom is 0.101 e. The summed E-state index contributed by atoms with van der Waals surface area (Å²) < 4.78 is 0. The van der Waals surface area contributed by atoms with Crippen LogP contribution in [0.2, 0.25) is 5.02 Å². The maximum atomic E-state index is 8.76. The van der Waals surface area contributed by atoms with Crippen molar-refractivity contribution in [1.29, 1.82) is 5.26 Å². The average Bonchev–Trinajstić information content (AvgIpc) is 2.17. The molecule has 2 rings (SSSR count). The summed E-state index contributed by atoms with van der Waals surface area (Å²) in [4.78, 5) is 8.41. The first-order chi connectivity index (χ1) is 6.70. The van der Waals surface area contributed by atoms with Crippen LogP contribution in [0.25, 0.3) is 11.0 Å². The zero-order valence-corrected chi connectivity index (χ0v) is 8.21. The van der Waals surface area contributed by atoms with Crippen molar-refractivity contribution >= 4 is 22.6 Å². The van der Waals surface area contributed by atoms with Crippen LogP contribution in [0.1, 0.15) is 11.3 Å². The molecule has 3 nitrogen and oxygen atoms in total. The van der Waals surface area contributed by atoms with E-state index in [9.17, 15) is 0 Å². The quantitative estimate of drug-likeness (QED) is 0.661. The molecule has 0 spiro atoms. The van der Waals surface area contributed by atoms with E-state index in [1.165, 1.54) is 0 Å². The number of nitrogens with zero attached hydrogens (tertiary/aromatic N) is 3. The highest BCUT2D eigenvalue weighted by Crippen LogP contribution is 2.20. The van der Waals surface area contributed by atoms with E-state index in [0.29, 0.717) is 21.6 Å². The van der Waals surface area contributed by atoms with Crippen LogP contribution >= 0.6 is 11.6 Å². The number of rotatable bonds is 0. The number of halogens is 1. The highest BCUT2D eigenvalue weighted by molar-refractivity contribution is 6.32. The van der Waals surface area contributed by atoms with Gasteiger partial charge in [0.2, 0.25) is 0 Å². The van der Waals surface area contributed by atoms with E-state index >= 15 is 0 Å². The largest absolute Gasteiger partial charge is 0.253 e. The number of fused-ring (bicyclic) bond motifs is 1. The fraction of sp³-hybridized carbons (Fsp3) is 0.100. The summed E-state index contributed by atoms with van der Waals surface area (Å²) in [6, 6.07) is 5.31. The molecule has 0 radical (unpaired) electrons. The molecule has 0 atom stereocenters. The molecular formula is C10H6ClN3. The van der Waals surface area contributed by atoms with Gasteiger partial charge in [-0.1, -0.05) is 11.6 Å². The molecule has 1 aromatic carbocycles. The van der Waals surface area contributed by atoms with Crippen molar-refractivity contribution in [3.8, 4) is 6.07 Å². The van der Waals surface area contributed by atoms with E-state index < -0.39 is 0 Å². The maximum absolute atomic E-state index is 8.76. The Balaban J connectivity index is 2.82. The summed E-state index contributed by atoms with van der Waals surface area (Å²) in [6.07, 6.45) is 1.67. The van der Waals surface area contributed by atoms with Crippen LogP contribution in [-0.2, 0) is 0 Å². The highest BCUT2D eigenvalue weighted by Gasteiger charge is 2.04. The van der Waals surface area contributed by atoms with E-state index in [0.717, 1.165) is 5.69 Å². The fourth-order valence-corrected chi connectivity index (χ4v) is 1.41. The number of aryl methyl sites for hydroxylation is 1. The Morgan fingerprint density at radius 2 is 2.14 bits per heavy atom. The molecule has 0 aliphatic heterocycles. The molecule has 0 N–H and O–H groups in total. The fourth-order valence-electron chi connectivity index (χ4n) is 1.21. The van der Waals surface area contributed by atoms with Gasteiger partial charge in [0.15, 0.2) is 0 Å². The molecule has 68 valence electrons. The third-order valence-corrected chi connectivity index (χ3v) is 2.18. The lowest BCUT2D eigenvalue weighted by molar-refractivity contribution is 1.18. The van der Waals surface area contributed by atoms with Crippen molar-refractivity contribution in [2.24, 2.45) is 0 Å². The van der Waals surface area contributed by atoms with E-state index in [1.54, 1.807) is 18.3 Å². The van der Waals surface area contributed by atoms with Crippen molar-refractivity contribution in [3.63, 3.8) is 0 Å². The van der Waals surface area contributed by atoms with E-state index in [2.05, 4.69) is 9.97 Å². The molecule has 1 aromatic heterocycles. The summed E-state index contributed by atoms with van der Waals surface area (Å²) in [6.45, 7) is 1.85. The van der Waals surface area contributed by atoms with Gasteiger partial charge in [-0.05, 0) is 19.1 Å². The van der Waals surface area contributed by atoms with Crippen LogP contribution in [0, 0.1) is 18.3 Å². The molecule has 0 unspecified atom stereocenters. The molecule has 0 amide bonds. The molecule has 14 heavy (non-hydrogen) atoms. The Labute approximate surface area is 86.0 Å². The Bertz CT molecular complexity index is 543. The molecule has 0 fully saturated rings. The van der Waals surface area contributed by atoms with Crippen LogP contribution < -0.4 is 0 Å². The minimum Gasteiger partial charge on any atom is -0.253 e. The van der Waals surface area contributed by atoms with Crippen molar-refractivity contribution in [2.75, 3.05) is 0 Å². The van der Waals surface area contributed by atoms with Gasteiger partial charge in [0.1, 0.15) is 6.07 Å². The molecule has 0 aliphatic rings. The molecule has 0 bridgehead atoms. The van der Waals surface area contributed by atoms with Crippen molar-refractivity contribution in [3.05, 3.63) is 34.6 Å². The Hall–Kier alpha value is -1.66. The van der Waals surface area contributed by atoms with E-state index in [4.69, 9.17) is 16.9 Å². The third kappa shape index (κ3) is 1.40. The lowest BCUT2D eigenvalue weighted by atomic mass is 10.2. The lowest BCUT2D eigenvalue weighted by Crippen LogP contribution is -1.88. The smallest absolute Gasteiger partial charge is 0.101 e. The predicted octanol–water partition coefficient (Wildman–Crippen LogP) is 2.46. The van der Waals surface area contributed by atoms with Gasteiger partial charge in [-0.15, -0.1) is 0 Å². The van der Waals surface area contributed by atoms with Crippen molar-refractivity contribution in [1.82, 2.24) is 9.97 Å². The van der Waals surface area contributed by atoms with Gasteiger partial charge in [0, 0.05) is 6.20 Å². The van der Waals surface area contributed by atoms with Crippen LogP contribution in [0.3, 0.4) is 0 Å². The van der Waals surface area contributed by atoms with Crippen LogP contribution in [0.4, 0.5) is 0 Å². The summed E-state index contributed by atoms with van der Waals surface area (Å²) in [5.41, 5.74) is 2.66. The molecule has 0 saturated heterocycles. The second kappa shape index (κ2) is 3.24. The molecule has 0 aliphatic carbocycles. The zero-order valence-electron chi connectivity index (χ0n) is 7.45. The van der Waals surface area contributed by atoms with Crippen molar-refractivity contribution < 1.29 is 0 Å². The molecule has 4 heteroatoms. The summed E-state index contributed by atoms with van der Waals surface area (Å²) in [5.74, 6) is 0. The predicted molar refractivity (Wildman–Crippen MR) is 54.0 cm³/mol. The third-order valence-electron chi connectivity index (χ3n) is 1.87. The van der Waals surface area contributed by atoms with Gasteiger partial charge in [0.25, 0.3) is 0 Å². The van der Waals surface area contributed by atoms with Crippen molar-refractivity contribution in [2.45, 2.75) is 6.92 Å². The normalized spacial score (nSPS) is 10.1. The van der Waals surface area contributed by atoms with E-state index in [1.807, 2.05) is 13.0 Å². The molecular weight excluding hydrogens is 198 g/mol. The average molecular weight is 204 g/mol. The number of benzene rings is 1. The Morgan fingerprint density at radius 1 is 1.36 bits per heavy atom. The second-order valence-electron chi connectivity index (χ2n) is 2.94. The zero-order chi connectivity index (χ0) is 10.1. The molecule has 2 aromatic rings. The summed E-state index contributed by atoms with van der Waals surface area (Å²) >= 11 is 5.85. The van der Waals surface area contributed by atoms with Gasteiger partial charge in [0.05, 0.1) is 27.3 Å². The summed E-state index contributed by atoms with van der Waals surface area (Å²) in [5, 5.41) is 9.18. The number of hydrogen-bond donors (Lipinski definition) is 0. The van der Waals surface area contributed by atoms with Crippen LogP contribution in [0.15, 0.2) is 18.3 Å². The highest BCUT2D eigenvalue weighted by atomic mass is 35.5. The SMILES string of the molecule is Cc1cnc2cc(Cl)c(C#N)cc2n1. The van der Waals surface area contributed by atoms with Crippen LogP contribution in [-0.4, -0.2) is 9.97 Å². The monoisotopic (exact) mass is 203 g/mol. The lowest BCUT2D eigenvalue weighted by Gasteiger charge is -1.99. The number of hydrogen-bond acceptors (Lipinski definition) is 3. The van der Waals surface area contributed by atoms with Gasteiger partial charge >= 0.3 is 0 Å².